The van der Waals surface area contributed by atoms with Crippen LogP contribution >= 0.6 is 15.9 Å². The van der Waals surface area contributed by atoms with Gasteiger partial charge in [0.2, 0.25) is 5.91 Å². The number of aryl methyl sites for hydroxylation is 1. The number of rotatable bonds is 5. The maximum absolute atomic E-state index is 12.0. The quantitative estimate of drug-likeness (QED) is 0.783. The summed E-state index contributed by atoms with van der Waals surface area (Å²) in [5, 5.41) is 0. The summed E-state index contributed by atoms with van der Waals surface area (Å²) in [5.74, 6) is 0.137. The summed E-state index contributed by atoms with van der Waals surface area (Å²) >= 11 is 3.40. The molecule has 0 aliphatic heterocycles. The molecule has 1 rings (SSSR count). The number of carbonyl (C=O) groups excluding carboxylic acids is 1. The second-order valence-corrected chi connectivity index (χ2v) is 5.10. The van der Waals surface area contributed by atoms with Gasteiger partial charge in [0.15, 0.2) is 0 Å². The molecule has 0 fully saturated rings. The number of alkyl halides is 1. The molecule has 0 aliphatic rings. The van der Waals surface area contributed by atoms with Crippen molar-refractivity contribution in [1.29, 1.82) is 0 Å². The van der Waals surface area contributed by atoms with Gasteiger partial charge in [0.1, 0.15) is 0 Å². The maximum atomic E-state index is 12.0. The third-order valence-corrected chi connectivity index (χ3v) is 3.66. The zero-order valence-electron chi connectivity index (χ0n) is 10.6. The second kappa shape index (κ2) is 6.74. The van der Waals surface area contributed by atoms with Crippen molar-refractivity contribution >= 4 is 21.8 Å². The summed E-state index contributed by atoms with van der Waals surface area (Å²) in [7, 11) is 0. The lowest BCUT2D eigenvalue weighted by atomic mass is 10.2. The number of aromatic nitrogens is 1. The molecule has 1 heterocycles. The third kappa shape index (κ3) is 4.11. The van der Waals surface area contributed by atoms with Gasteiger partial charge in [-0.25, -0.2) is 0 Å². The third-order valence-electron chi connectivity index (χ3n) is 2.62. The molecule has 1 unspecified atom stereocenters. The number of nitrogens with zero attached hydrogens (tertiary/aromatic N) is 2. The first-order valence-corrected chi connectivity index (χ1v) is 6.85. The Labute approximate surface area is 111 Å². The molecule has 94 valence electrons. The molecule has 0 saturated heterocycles. The highest BCUT2D eigenvalue weighted by Gasteiger charge is 2.19. The zero-order valence-corrected chi connectivity index (χ0v) is 12.2. The molecule has 0 aromatic carbocycles. The molecule has 1 aromatic heterocycles. The summed E-state index contributed by atoms with van der Waals surface area (Å²) < 4.78 is 0. The molecular weight excluding hydrogens is 280 g/mol. The average molecular weight is 299 g/mol. The van der Waals surface area contributed by atoms with Crippen LogP contribution in [0.2, 0.25) is 0 Å². The van der Waals surface area contributed by atoms with Gasteiger partial charge in [-0.3, -0.25) is 9.78 Å². The van der Waals surface area contributed by atoms with Crippen molar-refractivity contribution in [1.82, 2.24) is 9.88 Å². The number of hydrogen-bond acceptors (Lipinski definition) is 2. The molecule has 0 aliphatic carbocycles. The van der Waals surface area contributed by atoms with Crippen molar-refractivity contribution in [3.63, 3.8) is 0 Å². The lowest BCUT2D eigenvalue weighted by Gasteiger charge is -2.23. The monoisotopic (exact) mass is 298 g/mol. The van der Waals surface area contributed by atoms with Crippen LogP contribution in [-0.4, -0.2) is 27.2 Å². The van der Waals surface area contributed by atoms with Crippen LogP contribution in [-0.2, 0) is 11.3 Å². The fraction of sp³-hybridized carbons (Fsp3) is 0.538. The van der Waals surface area contributed by atoms with E-state index < -0.39 is 0 Å². The van der Waals surface area contributed by atoms with E-state index in [9.17, 15) is 4.79 Å². The van der Waals surface area contributed by atoms with Crippen molar-refractivity contribution in [2.75, 3.05) is 6.54 Å². The molecule has 0 spiro atoms. The van der Waals surface area contributed by atoms with Gasteiger partial charge in [-0.05, 0) is 32.4 Å². The summed E-state index contributed by atoms with van der Waals surface area (Å²) in [6, 6.07) is 5.89. The summed E-state index contributed by atoms with van der Waals surface area (Å²) in [5.41, 5.74) is 1.92. The van der Waals surface area contributed by atoms with E-state index in [0.717, 1.165) is 17.8 Å². The molecular formula is C13H19BrN2O. The Balaban J connectivity index is 2.73. The minimum Gasteiger partial charge on any atom is -0.336 e. The molecule has 1 atom stereocenters. The number of amides is 1. The van der Waals surface area contributed by atoms with E-state index in [-0.39, 0.29) is 10.7 Å². The van der Waals surface area contributed by atoms with Gasteiger partial charge in [-0.1, -0.05) is 28.9 Å². The van der Waals surface area contributed by atoms with Gasteiger partial charge in [-0.2, -0.15) is 0 Å². The van der Waals surface area contributed by atoms with Crippen molar-refractivity contribution in [3.05, 3.63) is 29.6 Å². The molecule has 1 amide bonds. The Bertz CT molecular complexity index is 381. The highest BCUT2D eigenvalue weighted by atomic mass is 79.9. The molecule has 17 heavy (non-hydrogen) atoms. The van der Waals surface area contributed by atoms with E-state index in [1.54, 1.807) is 0 Å². The Morgan fingerprint density at radius 3 is 2.71 bits per heavy atom. The standard InChI is InChI=1S/C13H19BrN2O/c1-4-12(14)13(17)16(5-2)9-11-8-6-7-10(3)15-11/h6-8,12H,4-5,9H2,1-3H3. The van der Waals surface area contributed by atoms with E-state index in [1.807, 2.05) is 43.9 Å². The largest absolute Gasteiger partial charge is 0.336 e. The fourth-order valence-corrected chi connectivity index (χ4v) is 1.89. The fourth-order valence-electron chi connectivity index (χ4n) is 1.60. The SMILES string of the molecule is CCC(Br)C(=O)N(CC)Cc1cccc(C)n1. The van der Waals surface area contributed by atoms with Crippen LogP contribution in [0.15, 0.2) is 18.2 Å². The van der Waals surface area contributed by atoms with Gasteiger partial charge in [-0.15, -0.1) is 0 Å². The van der Waals surface area contributed by atoms with Crippen LogP contribution in [0.3, 0.4) is 0 Å². The van der Waals surface area contributed by atoms with Crippen molar-refractivity contribution in [2.45, 2.75) is 38.6 Å². The molecule has 0 bridgehead atoms. The molecule has 0 saturated carbocycles. The predicted octanol–water partition coefficient (Wildman–Crippen LogP) is 2.91. The Kier molecular flexibility index (Phi) is 5.62. The number of hydrogen-bond donors (Lipinski definition) is 0. The van der Waals surface area contributed by atoms with Crippen LogP contribution in [0, 0.1) is 6.92 Å². The predicted molar refractivity (Wildman–Crippen MR) is 73.1 cm³/mol. The van der Waals surface area contributed by atoms with E-state index in [4.69, 9.17) is 0 Å². The smallest absolute Gasteiger partial charge is 0.236 e. The first kappa shape index (κ1) is 14.2. The lowest BCUT2D eigenvalue weighted by Crippen LogP contribution is -2.36. The van der Waals surface area contributed by atoms with Crippen LogP contribution in [0.4, 0.5) is 0 Å². The highest BCUT2D eigenvalue weighted by Crippen LogP contribution is 2.11. The molecule has 0 N–H and O–H groups in total. The van der Waals surface area contributed by atoms with E-state index in [2.05, 4.69) is 20.9 Å². The second-order valence-electron chi connectivity index (χ2n) is 4.00. The Hall–Kier alpha value is -0.900. The molecule has 1 aromatic rings. The van der Waals surface area contributed by atoms with Crippen LogP contribution in [0.5, 0.6) is 0 Å². The first-order valence-electron chi connectivity index (χ1n) is 5.93. The van der Waals surface area contributed by atoms with Crippen molar-refractivity contribution < 1.29 is 4.79 Å². The normalized spacial score (nSPS) is 12.2. The summed E-state index contributed by atoms with van der Waals surface area (Å²) in [6.07, 6.45) is 0.802. The van der Waals surface area contributed by atoms with Crippen LogP contribution < -0.4 is 0 Å². The van der Waals surface area contributed by atoms with Gasteiger partial charge in [0.25, 0.3) is 0 Å². The molecule has 4 heteroatoms. The van der Waals surface area contributed by atoms with E-state index >= 15 is 0 Å². The first-order chi connectivity index (χ1) is 8.08. The maximum Gasteiger partial charge on any atom is 0.236 e. The molecule has 3 nitrogen and oxygen atoms in total. The Morgan fingerprint density at radius 2 is 2.18 bits per heavy atom. The minimum absolute atomic E-state index is 0.0905. The van der Waals surface area contributed by atoms with E-state index in [0.29, 0.717) is 13.1 Å². The Morgan fingerprint density at radius 1 is 1.47 bits per heavy atom. The van der Waals surface area contributed by atoms with Gasteiger partial charge in [0, 0.05) is 12.2 Å². The van der Waals surface area contributed by atoms with Crippen LogP contribution in [0.25, 0.3) is 0 Å². The number of pyridine rings is 1. The lowest BCUT2D eigenvalue weighted by molar-refractivity contribution is -0.130. The number of halogens is 1. The average Bonchev–Trinajstić information content (AvgIpc) is 2.34. The topological polar surface area (TPSA) is 33.2 Å². The highest BCUT2D eigenvalue weighted by molar-refractivity contribution is 9.10. The van der Waals surface area contributed by atoms with Crippen molar-refractivity contribution in [2.24, 2.45) is 0 Å². The minimum atomic E-state index is -0.0905. The van der Waals surface area contributed by atoms with Gasteiger partial charge < -0.3 is 4.90 Å². The van der Waals surface area contributed by atoms with Crippen molar-refractivity contribution in [3.8, 4) is 0 Å². The zero-order chi connectivity index (χ0) is 12.8. The van der Waals surface area contributed by atoms with E-state index in [1.165, 1.54) is 0 Å². The van der Waals surface area contributed by atoms with Gasteiger partial charge in [0.05, 0.1) is 17.1 Å². The molecule has 0 radical (unpaired) electrons. The van der Waals surface area contributed by atoms with Gasteiger partial charge >= 0.3 is 0 Å². The number of carbonyl (C=O) groups is 1. The van der Waals surface area contributed by atoms with Crippen LogP contribution in [0.1, 0.15) is 31.7 Å². The summed E-state index contributed by atoms with van der Waals surface area (Å²) in [4.78, 5) is 18.2. The summed E-state index contributed by atoms with van der Waals surface area (Å²) in [6.45, 7) is 7.23.